The summed E-state index contributed by atoms with van der Waals surface area (Å²) in [4.78, 5) is 13.4. The van der Waals surface area contributed by atoms with Crippen LogP contribution in [0, 0.1) is 0 Å². The Balaban J connectivity index is 2.12. The van der Waals surface area contributed by atoms with Gasteiger partial charge in [-0.2, -0.15) is 0 Å². The molecule has 0 aromatic heterocycles. The minimum atomic E-state index is -0.529. The summed E-state index contributed by atoms with van der Waals surface area (Å²) in [6, 6.07) is 14.3. The van der Waals surface area contributed by atoms with Gasteiger partial charge in [-0.15, -0.1) is 0 Å². The van der Waals surface area contributed by atoms with E-state index in [4.69, 9.17) is 5.21 Å². The number of nitrogens with one attached hydrogen (secondary N) is 1. The molecule has 0 aliphatic carbocycles. The van der Waals surface area contributed by atoms with Gasteiger partial charge in [-0.3, -0.25) is 10.0 Å². The molecule has 0 saturated heterocycles. The molecule has 1 amide bonds. The van der Waals surface area contributed by atoms with E-state index >= 15 is 0 Å². The third-order valence-electron chi connectivity index (χ3n) is 3.73. The van der Waals surface area contributed by atoms with E-state index in [2.05, 4.69) is 4.90 Å². The number of benzene rings is 2. The lowest BCUT2D eigenvalue weighted by Gasteiger charge is -2.24. The number of likely N-dealkylation sites (N-methyl/N-ethyl adjacent to an activating group) is 1. The molecule has 0 aliphatic rings. The highest BCUT2D eigenvalue weighted by Crippen LogP contribution is 2.27. The molecule has 5 nitrogen and oxygen atoms in total. The van der Waals surface area contributed by atoms with Gasteiger partial charge in [-0.1, -0.05) is 35.9 Å². The number of nitrogens with zero attached hydrogens (tertiary/aromatic N) is 1. The molecule has 0 bridgehead atoms. The molecule has 0 aliphatic heterocycles. The maximum Gasteiger partial charge on any atom is 0.274 e. The summed E-state index contributed by atoms with van der Waals surface area (Å²) in [6.07, 6.45) is 2.03. The molecule has 24 heavy (non-hydrogen) atoms. The molecule has 2 aromatic carbocycles. The number of hydrogen-bond donors (Lipinski definition) is 3. The Morgan fingerprint density at radius 2 is 1.83 bits per heavy atom. The average molecular weight is 326 g/mol. The zero-order chi connectivity index (χ0) is 17.5. The monoisotopic (exact) mass is 326 g/mol. The molecule has 0 saturated carbocycles. The fourth-order valence-electron chi connectivity index (χ4n) is 2.53. The quantitative estimate of drug-likeness (QED) is 0.562. The molecule has 2 rings (SSSR count). The Morgan fingerprint density at radius 1 is 1.17 bits per heavy atom. The second kappa shape index (κ2) is 8.17. The van der Waals surface area contributed by atoms with E-state index in [1.807, 2.05) is 44.2 Å². The first kappa shape index (κ1) is 17.6. The van der Waals surface area contributed by atoms with Gasteiger partial charge in [0.2, 0.25) is 0 Å². The zero-order valence-corrected chi connectivity index (χ0v) is 13.9. The van der Waals surface area contributed by atoms with Gasteiger partial charge in [0.05, 0.1) is 5.69 Å². The topological polar surface area (TPSA) is 72.8 Å². The molecule has 0 spiro atoms. The predicted octanol–water partition coefficient (Wildman–Crippen LogP) is 3.44. The summed E-state index contributed by atoms with van der Waals surface area (Å²) in [5, 5.41) is 18.6. The van der Waals surface area contributed by atoms with Gasteiger partial charge in [0, 0.05) is 18.7 Å². The van der Waals surface area contributed by atoms with Crippen LogP contribution in [0.25, 0.3) is 6.08 Å². The Hall–Kier alpha value is -2.79. The van der Waals surface area contributed by atoms with Gasteiger partial charge < -0.3 is 10.0 Å². The molecule has 0 heterocycles. The molecule has 2 aromatic rings. The fourth-order valence-corrected chi connectivity index (χ4v) is 2.53. The largest absolute Gasteiger partial charge is 0.506 e. The summed E-state index contributed by atoms with van der Waals surface area (Å²) < 4.78 is 0. The number of phenolic OH excluding ortho intramolecular Hbond substituents is 1. The number of para-hydroxylation sites is 2. The van der Waals surface area contributed by atoms with Gasteiger partial charge in [0.25, 0.3) is 5.91 Å². The summed E-state index contributed by atoms with van der Waals surface area (Å²) in [5.74, 6) is -0.259. The first-order chi connectivity index (χ1) is 11.5. The van der Waals surface area contributed by atoms with Crippen molar-refractivity contribution in [1.29, 1.82) is 0 Å². The van der Waals surface area contributed by atoms with Crippen molar-refractivity contribution in [1.82, 2.24) is 5.48 Å². The minimum absolute atomic E-state index is 0.270. The molecule has 0 unspecified atom stereocenters. The van der Waals surface area contributed by atoms with Gasteiger partial charge in [-0.25, -0.2) is 5.48 Å². The first-order valence-corrected chi connectivity index (χ1v) is 7.79. The number of hydroxylamine groups is 1. The van der Waals surface area contributed by atoms with Crippen molar-refractivity contribution in [3.05, 3.63) is 65.2 Å². The van der Waals surface area contributed by atoms with Crippen LogP contribution >= 0.6 is 0 Å². The Kier molecular flexibility index (Phi) is 5.98. The van der Waals surface area contributed by atoms with Crippen molar-refractivity contribution in [2.24, 2.45) is 0 Å². The van der Waals surface area contributed by atoms with Gasteiger partial charge in [0.15, 0.2) is 0 Å². The molecule has 0 atom stereocenters. The fraction of sp³-hybridized carbons (Fsp3) is 0.211. The second-order valence-corrected chi connectivity index (χ2v) is 5.56. The van der Waals surface area contributed by atoms with Crippen LogP contribution in [0.4, 0.5) is 5.69 Å². The van der Waals surface area contributed by atoms with Crippen molar-refractivity contribution in [2.45, 2.75) is 13.8 Å². The number of rotatable bonds is 6. The smallest absolute Gasteiger partial charge is 0.274 e. The van der Waals surface area contributed by atoms with Crippen molar-refractivity contribution in [3.63, 3.8) is 0 Å². The van der Waals surface area contributed by atoms with Gasteiger partial charge >= 0.3 is 0 Å². The molecule has 126 valence electrons. The molecule has 5 heteroatoms. The van der Waals surface area contributed by atoms with Crippen LogP contribution in [0.1, 0.15) is 29.8 Å². The molecule has 0 radical (unpaired) electrons. The Bertz CT molecular complexity index is 724. The number of carbonyl (C=O) groups is 1. The lowest BCUT2D eigenvalue weighted by atomic mass is 10.1. The molecule has 0 fully saturated rings. The average Bonchev–Trinajstić information content (AvgIpc) is 2.60. The molecule has 3 N–H and O–H groups in total. The number of phenols is 1. The van der Waals surface area contributed by atoms with E-state index in [1.165, 1.54) is 0 Å². The predicted molar refractivity (Wildman–Crippen MR) is 95.3 cm³/mol. The van der Waals surface area contributed by atoms with Gasteiger partial charge in [0.1, 0.15) is 5.75 Å². The van der Waals surface area contributed by atoms with Crippen LogP contribution in [0.2, 0.25) is 0 Å². The second-order valence-electron chi connectivity index (χ2n) is 5.56. The number of aromatic hydroxyl groups is 1. The standard InChI is InChI=1S/C19H22N2O3/c1-3-21(17-6-4-5-7-18(17)22)13-14(2)12-15-8-10-16(11-9-15)19(23)20-24/h4-12,22,24H,3,13H2,1-2H3,(H,20,23). The third kappa shape index (κ3) is 4.36. The first-order valence-electron chi connectivity index (χ1n) is 7.79. The number of hydrogen-bond acceptors (Lipinski definition) is 4. The van der Waals surface area contributed by atoms with Crippen molar-refractivity contribution < 1.29 is 15.1 Å². The highest BCUT2D eigenvalue weighted by Gasteiger charge is 2.09. The summed E-state index contributed by atoms with van der Waals surface area (Å²) in [6.45, 7) is 5.53. The normalized spacial score (nSPS) is 11.2. The number of anilines is 1. The van der Waals surface area contributed by atoms with Crippen LogP contribution < -0.4 is 10.4 Å². The summed E-state index contributed by atoms with van der Waals surface area (Å²) >= 11 is 0. The van der Waals surface area contributed by atoms with E-state index in [1.54, 1.807) is 29.7 Å². The van der Waals surface area contributed by atoms with E-state index < -0.39 is 5.91 Å². The van der Waals surface area contributed by atoms with Crippen LogP contribution in [0.15, 0.2) is 54.1 Å². The molecular weight excluding hydrogens is 304 g/mol. The zero-order valence-electron chi connectivity index (χ0n) is 13.9. The number of carbonyl (C=O) groups excluding carboxylic acids is 1. The SMILES string of the molecule is CCN(CC(C)=Cc1ccc(C(=O)NO)cc1)c1ccccc1O. The third-order valence-corrected chi connectivity index (χ3v) is 3.73. The highest BCUT2D eigenvalue weighted by molar-refractivity contribution is 5.93. The summed E-state index contributed by atoms with van der Waals surface area (Å²) in [5.41, 5.74) is 4.91. The van der Waals surface area contributed by atoms with E-state index in [-0.39, 0.29) is 5.75 Å². The van der Waals surface area contributed by atoms with Gasteiger partial charge in [-0.05, 0) is 43.7 Å². The lowest BCUT2D eigenvalue weighted by molar-refractivity contribution is 0.0706. The highest BCUT2D eigenvalue weighted by atomic mass is 16.5. The van der Waals surface area contributed by atoms with E-state index in [9.17, 15) is 9.90 Å². The van der Waals surface area contributed by atoms with Crippen molar-refractivity contribution in [3.8, 4) is 5.75 Å². The van der Waals surface area contributed by atoms with Crippen LogP contribution in [-0.4, -0.2) is 29.3 Å². The van der Waals surface area contributed by atoms with Crippen molar-refractivity contribution in [2.75, 3.05) is 18.0 Å². The van der Waals surface area contributed by atoms with Crippen molar-refractivity contribution >= 4 is 17.7 Å². The summed E-state index contributed by atoms with van der Waals surface area (Å²) in [7, 11) is 0. The number of amides is 1. The van der Waals surface area contributed by atoms with Crippen LogP contribution in [0.5, 0.6) is 5.75 Å². The maximum atomic E-state index is 11.3. The van der Waals surface area contributed by atoms with E-state index in [0.29, 0.717) is 12.1 Å². The molecular formula is C19H22N2O3. The van der Waals surface area contributed by atoms with Crippen LogP contribution in [-0.2, 0) is 0 Å². The minimum Gasteiger partial charge on any atom is -0.506 e. The van der Waals surface area contributed by atoms with E-state index in [0.717, 1.165) is 23.4 Å². The maximum absolute atomic E-state index is 11.3. The van der Waals surface area contributed by atoms with Crippen LogP contribution in [0.3, 0.4) is 0 Å². The Labute approximate surface area is 141 Å². The lowest BCUT2D eigenvalue weighted by Crippen LogP contribution is -2.24. The Morgan fingerprint density at radius 3 is 2.42 bits per heavy atom.